The van der Waals surface area contributed by atoms with Gasteiger partial charge in [-0.3, -0.25) is 0 Å². The van der Waals surface area contributed by atoms with Crippen molar-refractivity contribution in [3.63, 3.8) is 0 Å². The molecule has 0 atom stereocenters. The van der Waals surface area contributed by atoms with Gasteiger partial charge in [-0.25, -0.2) is 4.98 Å². The Kier molecular flexibility index (Phi) is 3.14. The number of nitrogens with zero attached hydrogens (tertiary/aromatic N) is 1. The van der Waals surface area contributed by atoms with E-state index in [0.29, 0.717) is 0 Å². The highest BCUT2D eigenvalue weighted by Gasteiger charge is 2.14. The zero-order valence-electron chi connectivity index (χ0n) is 12.4. The number of aromatic nitrogens is 1. The zero-order valence-corrected chi connectivity index (χ0v) is 13.2. The molecule has 20 heavy (non-hydrogen) atoms. The number of thiazole rings is 1. The summed E-state index contributed by atoms with van der Waals surface area (Å²) in [5, 5.41) is 1.12. The van der Waals surface area contributed by atoms with Gasteiger partial charge in [-0.05, 0) is 29.5 Å². The Morgan fingerprint density at radius 1 is 0.950 bits per heavy atom. The minimum Gasteiger partial charge on any atom is -0.241 e. The van der Waals surface area contributed by atoms with Crippen molar-refractivity contribution in [3.05, 3.63) is 53.0 Å². The lowest BCUT2D eigenvalue weighted by atomic mass is 9.86. The Balaban J connectivity index is 2.11. The summed E-state index contributed by atoms with van der Waals surface area (Å²) in [6, 6.07) is 15.3. The average Bonchev–Trinajstić information content (AvgIpc) is 2.78. The fraction of sp³-hybridized carbons (Fsp3) is 0.278. The summed E-state index contributed by atoms with van der Waals surface area (Å²) in [4.78, 5) is 4.68. The first kappa shape index (κ1) is 13.3. The van der Waals surface area contributed by atoms with E-state index in [1.165, 1.54) is 21.4 Å². The average molecular weight is 281 g/mol. The van der Waals surface area contributed by atoms with Gasteiger partial charge in [0.15, 0.2) is 0 Å². The van der Waals surface area contributed by atoms with Crippen LogP contribution in [-0.2, 0) is 5.41 Å². The molecule has 0 saturated heterocycles. The van der Waals surface area contributed by atoms with Gasteiger partial charge in [0, 0.05) is 5.56 Å². The van der Waals surface area contributed by atoms with E-state index < -0.39 is 0 Å². The van der Waals surface area contributed by atoms with Gasteiger partial charge in [0.1, 0.15) is 0 Å². The van der Waals surface area contributed by atoms with Crippen LogP contribution < -0.4 is 0 Å². The molecule has 0 N–H and O–H groups in total. The highest BCUT2D eigenvalue weighted by atomic mass is 32.1. The maximum atomic E-state index is 4.68. The van der Waals surface area contributed by atoms with Gasteiger partial charge in [0.2, 0.25) is 0 Å². The Labute approximate surface area is 124 Å². The molecule has 0 fully saturated rings. The lowest BCUT2D eigenvalue weighted by Gasteiger charge is -2.19. The standard InChI is InChI=1S/C18H19NS/c1-12-19-17-15(6-5-7-16(17)20-12)13-8-10-14(11-9-13)18(2,3)4/h5-11H,1-4H3. The summed E-state index contributed by atoms with van der Waals surface area (Å²) >= 11 is 1.76. The molecule has 2 aromatic carbocycles. The molecule has 0 aliphatic rings. The Morgan fingerprint density at radius 2 is 1.65 bits per heavy atom. The van der Waals surface area contributed by atoms with Gasteiger partial charge >= 0.3 is 0 Å². The molecule has 1 aromatic heterocycles. The monoisotopic (exact) mass is 281 g/mol. The van der Waals surface area contributed by atoms with Gasteiger partial charge in [0.05, 0.1) is 15.2 Å². The highest BCUT2D eigenvalue weighted by Crippen LogP contribution is 2.32. The van der Waals surface area contributed by atoms with Crippen molar-refractivity contribution in [1.29, 1.82) is 0 Å². The van der Waals surface area contributed by atoms with Crippen LogP contribution in [0.2, 0.25) is 0 Å². The first-order valence-electron chi connectivity index (χ1n) is 6.92. The Bertz CT molecular complexity index is 745. The third-order valence-corrected chi connectivity index (χ3v) is 4.52. The van der Waals surface area contributed by atoms with Gasteiger partial charge < -0.3 is 0 Å². The van der Waals surface area contributed by atoms with E-state index in [4.69, 9.17) is 0 Å². The van der Waals surface area contributed by atoms with E-state index in [-0.39, 0.29) is 5.41 Å². The molecule has 1 nitrogen and oxygen atoms in total. The summed E-state index contributed by atoms with van der Waals surface area (Å²) < 4.78 is 1.26. The van der Waals surface area contributed by atoms with Crippen molar-refractivity contribution in [1.82, 2.24) is 4.98 Å². The second-order valence-electron chi connectivity index (χ2n) is 6.21. The van der Waals surface area contributed by atoms with E-state index in [0.717, 1.165) is 10.5 Å². The molecule has 2 heteroatoms. The zero-order chi connectivity index (χ0) is 14.3. The van der Waals surface area contributed by atoms with Crippen LogP contribution in [0, 0.1) is 6.92 Å². The number of hydrogen-bond donors (Lipinski definition) is 0. The molecular formula is C18H19NS. The van der Waals surface area contributed by atoms with Crippen molar-refractivity contribution in [2.24, 2.45) is 0 Å². The van der Waals surface area contributed by atoms with Crippen molar-refractivity contribution >= 4 is 21.6 Å². The van der Waals surface area contributed by atoms with Crippen LogP contribution in [0.5, 0.6) is 0 Å². The van der Waals surface area contributed by atoms with Crippen LogP contribution >= 0.6 is 11.3 Å². The third-order valence-electron chi connectivity index (χ3n) is 3.59. The van der Waals surface area contributed by atoms with E-state index in [9.17, 15) is 0 Å². The van der Waals surface area contributed by atoms with Crippen molar-refractivity contribution in [3.8, 4) is 11.1 Å². The molecule has 3 aromatic rings. The van der Waals surface area contributed by atoms with E-state index >= 15 is 0 Å². The minimum atomic E-state index is 0.196. The molecular weight excluding hydrogens is 262 g/mol. The van der Waals surface area contributed by atoms with E-state index in [1.54, 1.807) is 11.3 Å². The molecule has 0 spiro atoms. The van der Waals surface area contributed by atoms with Crippen LogP contribution in [-0.4, -0.2) is 4.98 Å². The first-order valence-corrected chi connectivity index (χ1v) is 7.74. The lowest BCUT2D eigenvalue weighted by Crippen LogP contribution is -2.10. The normalized spacial score (nSPS) is 12.0. The van der Waals surface area contributed by atoms with E-state index in [1.807, 2.05) is 0 Å². The number of fused-ring (bicyclic) bond motifs is 1. The molecule has 0 radical (unpaired) electrons. The predicted molar refractivity (Wildman–Crippen MR) is 88.5 cm³/mol. The fourth-order valence-electron chi connectivity index (χ4n) is 2.44. The van der Waals surface area contributed by atoms with Crippen molar-refractivity contribution < 1.29 is 0 Å². The SMILES string of the molecule is Cc1nc2c(-c3ccc(C(C)(C)C)cc3)cccc2s1. The number of benzene rings is 2. The molecule has 0 saturated carbocycles. The minimum absolute atomic E-state index is 0.196. The number of hydrogen-bond acceptors (Lipinski definition) is 2. The first-order chi connectivity index (χ1) is 9.45. The molecule has 0 aliphatic heterocycles. The predicted octanol–water partition coefficient (Wildman–Crippen LogP) is 5.57. The van der Waals surface area contributed by atoms with Crippen LogP contribution in [0.3, 0.4) is 0 Å². The maximum absolute atomic E-state index is 4.68. The molecule has 0 amide bonds. The molecule has 0 unspecified atom stereocenters. The largest absolute Gasteiger partial charge is 0.241 e. The molecule has 3 rings (SSSR count). The Hall–Kier alpha value is -1.67. The highest BCUT2D eigenvalue weighted by molar-refractivity contribution is 7.18. The van der Waals surface area contributed by atoms with Crippen LogP contribution in [0.1, 0.15) is 31.3 Å². The van der Waals surface area contributed by atoms with Crippen LogP contribution in [0.15, 0.2) is 42.5 Å². The second kappa shape index (κ2) is 4.71. The summed E-state index contributed by atoms with van der Waals surface area (Å²) in [5.74, 6) is 0. The van der Waals surface area contributed by atoms with Crippen molar-refractivity contribution in [2.75, 3.05) is 0 Å². The summed E-state index contributed by atoms with van der Waals surface area (Å²) in [6.07, 6.45) is 0. The van der Waals surface area contributed by atoms with Gasteiger partial charge in [-0.15, -0.1) is 11.3 Å². The van der Waals surface area contributed by atoms with Gasteiger partial charge in [-0.1, -0.05) is 57.2 Å². The number of aryl methyl sites for hydroxylation is 1. The second-order valence-corrected chi connectivity index (χ2v) is 7.45. The number of rotatable bonds is 1. The van der Waals surface area contributed by atoms with Crippen LogP contribution in [0.25, 0.3) is 21.3 Å². The summed E-state index contributed by atoms with van der Waals surface area (Å²) in [7, 11) is 0. The molecule has 1 heterocycles. The Morgan fingerprint density at radius 3 is 2.30 bits per heavy atom. The quantitative estimate of drug-likeness (QED) is 0.568. The van der Waals surface area contributed by atoms with Crippen LogP contribution in [0.4, 0.5) is 0 Å². The number of para-hydroxylation sites is 1. The van der Waals surface area contributed by atoms with Crippen molar-refractivity contribution in [2.45, 2.75) is 33.1 Å². The summed E-state index contributed by atoms with van der Waals surface area (Å²) in [5.41, 5.74) is 5.16. The topological polar surface area (TPSA) is 12.9 Å². The summed E-state index contributed by atoms with van der Waals surface area (Å²) in [6.45, 7) is 8.79. The molecule has 102 valence electrons. The smallest absolute Gasteiger partial charge is 0.0908 e. The maximum Gasteiger partial charge on any atom is 0.0908 e. The lowest BCUT2D eigenvalue weighted by molar-refractivity contribution is 0.590. The third kappa shape index (κ3) is 2.36. The fourth-order valence-corrected chi connectivity index (χ4v) is 3.30. The molecule has 0 bridgehead atoms. The molecule has 0 aliphatic carbocycles. The van der Waals surface area contributed by atoms with Gasteiger partial charge in [0.25, 0.3) is 0 Å². The van der Waals surface area contributed by atoms with E-state index in [2.05, 4.69) is 75.1 Å². The van der Waals surface area contributed by atoms with Gasteiger partial charge in [-0.2, -0.15) is 0 Å².